The maximum Gasteiger partial charge on any atom is 0.0571 e. The minimum atomic E-state index is 1.21. The van der Waals surface area contributed by atoms with E-state index >= 15 is 0 Å². The first-order chi connectivity index (χ1) is 2.41. The standard InChI is InChI=1S/C2H6N2S/c1-3-5-4-2/h1-2H3. The van der Waals surface area contributed by atoms with Crippen molar-refractivity contribution in [1.29, 1.82) is 0 Å². The van der Waals surface area contributed by atoms with Crippen LogP contribution in [0.2, 0.25) is 0 Å². The minimum absolute atomic E-state index is 1.21. The van der Waals surface area contributed by atoms with Gasteiger partial charge >= 0.3 is 0 Å². The number of nitrogens with zero attached hydrogens (tertiary/aromatic N) is 2. The summed E-state index contributed by atoms with van der Waals surface area (Å²) in [6, 6.07) is 0. The van der Waals surface area contributed by atoms with Gasteiger partial charge in [0.2, 0.25) is 0 Å². The second-order valence-electron chi connectivity index (χ2n) is 0.447. The van der Waals surface area contributed by atoms with Crippen LogP contribution >= 0.6 is 0 Å². The van der Waals surface area contributed by atoms with Crippen molar-refractivity contribution in [3.05, 3.63) is 0 Å². The number of rotatable bonds is 0. The predicted octanol–water partition coefficient (Wildman–Crippen LogP) is 0.696. The zero-order chi connectivity index (χ0) is 4.12. The third-order valence-corrected chi connectivity index (χ3v) is 0.490. The summed E-state index contributed by atoms with van der Waals surface area (Å²) in [6.07, 6.45) is 0. The van der Waals surface area contributed by atoms with Crippen LogP contribution in [0.5, 0.6) is 0 Å². The van der Waals surface area contributed by atoms with Crippen molar-refractivity contribution in [2.45, 2.75) is 0 Å². The lowest BCUT2D eigenvalue weighted by atomic mass is 11.6. The number of hydrogen-bond acceptors (Lipinski definition) is 2. The van der Waals surface area contributed by atoms with Gasteiger partial charge in [-0.25, -0.2) is 8.73 Å². The van der Waals surface area contributed by atoms with Crippen LogP contribution < -0.4 is 0 Å². The molecule has 0 aromatic heterocycles. The van der Waals surface area contributed by atoms with Gasteiger partial charge in [0, 0.05) is 14.1 Å². The van der Waals surface area contributed by atoms with Crippen LogP contribution in [0, 0.1) is 0 Å². The molecule has 0 rings (SSSR count). The topological polar surface area (TPSA) is 24.7 Å². The van der Waals surface area contributed by atoms with Gasteiger partial charge in [-0.05, 0) is 0 Å². The van der Waals surface area contributed by atoms with Crippen LogP contribution in [0.3, 0.4) is 0 Å². The van der Waals surface area contributed by atoms with Crippen LogP contribution in [0.4, 0.5) is 0 Å². The van der Waals surface area contributed by atoms with Crippen molar-refractivity contribution < 1.29 is 0 Å². The molecule has 0 fully saturated rings. The Morgan fingerprint density at radius 2 is 1.60 bits per heavy atom. The molecule has 0 radical (unpaired) electrons. The van der Waals surface area contributed by atoms with Crippen molar-refractivity contribution in [3.8, 4) is 0 Å². The molecule has 0 atom stereocenters. The minimum Gasteiger partial charge on any atom is -0.217 e. The first-order valence-electron chi connectivity index (χ1n) is 1.26. The summed E-state index contributed by atoms with van der Waals surface area (Å²) in [5, 5.41) is 0. The molecule has 5 heavy (non-hydrogen) atoms. The average Bonchev–Trinajstić information content (AvgIpc) is 1.41. The molecule has 0 bridgehead atoms. The largest absolute Gasteiger partial charge is 0.217 e. The highest BCUT2D eigenvalue weighted by atomic mass is 32.1. The van der Waals surface area contributed by atoms with E-state index in [0.29, 0.717) is 0 Å². The van der Waals surface area contributed by atoms with Gasteiger partial charge in [-0.1, -0.05) is 0 Å². The molecule has 0 aromatic carbocycles. The molecule has 0 aromatic rings. The van der Waals surface area contributed by atoms with E-state index in [1.807, 2.05) is 0 Å². The Bertz CT molecular complexity index is 56.0. The lowest BCUT2D eigenvalue weighted by Crippen LogP contribution is -1.38. The summed E-state index contributed by atoms with van der Waals surface area (Å²) >= 11 is 1.21. The highest BCUT2D eigenvalue weighted by molar-refractivity contribution is 7.57. The second-order valence-corrected chi connectivity index (χ2v) is 1.34. The van der Waals surface area contributed by atoms with E-state index in [-0.39, 0.29) is 0 Å². The van der Waals surface area contributed by atoms with E-state index in [2.05, 4.69) is 8.73 Å². The molecule has 0 heterocycles. The second kappa shape index (κ2) is 3.82. The normalized spacial score (nSPS) is 6.00. The van der Waals surface area contributed by atoms with Gasteiger partial charge in [0.15, 0.2) is 0 Å². The summed E-state index contributed by atoms with van der Waals surface area (Å²) in [7, 11) is 3.41. The van der Waals surface area contributed by atoms with Crippen molar-refractivity contribution >= 4 is 11.4 Å². The molecule has 0 spiro atoms. The van der Waals surface area contributed by atoms with Crippen LogP contribution in [0.25, 0.3) is 0 Å². The molecular weight excluding hydrogens is 84.1 g/mol. The Hall–Kier alpha value is -0.180. The number of hydrogen-bond donors (Lipinski definition) is 0. The maximum absolute atomic E-state index is 3.60. The van der Waals surface area contributed by atoms with E-state index in [4.69, 9.17) is 0 Å². The lowest BCUT2D eigenvalue weighted by molar-refractivity contribution is 1.48. The summed E-state index contributed by atoms with van der Waals surface area (Å²) in [6.45, 7) is 0. The van der Waals surface area contributed by atoms with Gasteiger partial charge < -0.3 is 0 Å². The third kappa shape index (κ3) is 3.82. The molecular formula is C2H6N2S. The molecule has 3 heteroatoms. The quantitative estimate of drug-likeness (QED) is 0.418. The molecule has 0 aliphatic heterocycles. The van der Waals surface area contributed by atoms with E-state index in [1.165, 1.54) is 11.4 Å². The van der Waals surface area contributed by atoms with Gasteiger partial charge in [-0.2, -0.15) is 0 Å². The molecule has 2 nitrogen and oxygen atoms in total. The van der Waals surface area contributed by atoms with Crippen LogP contribution in [0.1, 0.15) is 0 Å². The molecule has 0 saturated heterocycles. The Morgan fingerprint density at radius 1 is 1.20 bits per heavy atom. The summed E-state index contributed by atoms with van der Waals surface area (Å²) in [5.74, 6) is 0. The maximum atomic E-state index is 3.60. The van der Waals surface area contributed by atoms with Crippen LogP contribution in [-0.2, 0) is 11.4 Å². The summed E-state index contributed by atoms with van der Waals surface area (Å²) < 4.78 is 7.21. The molecule has 0 unspecified atom stereocenters. The van der Waals surface area contributed by atoms with Gasteiger partial charge in [-0.15, -0.1) is 0 Å². The average molecular weight is 90.2 g/mol. The zero-order valence-electron chi connectivity index (χ0n) is 3.30. The Morgan fingerprint density at radius 3 is 1.60 bits per heavy atom. The fourth-order valence-corrected chi connectivity index (χ4v) is 0.245. The van der Waals surface area contributed by atoms with Gasteiger partial charge in [0.1, 0.15) is 0 Å². The summed E-state index contributed by atoms with van der Waals surface area (Å²) in [5.41, 5.74) is 0. The first-order valence-corrected chi connectivity index (χ1v) is 1.99. The Kier molecular flexibility index (Phi) is 3.68. The molecule has 30 valence electrons. The molecule has 0 aliphatic rings. The van der Waals surface area contributed by atoms with E-state index in [9.17, 15) is 0 Å². The summed E-state index contributed by atoms with van der Waals surface area (Å²) in [4.78, 5) is 0. The van der Waals surface area contributed by atoms with Gasteiger partial charge in [0.25, 0.3) is 0 Å². The molecule has 0 aliphatic carbocycles. The predicted molar refractivity (Wildman–Crippen MR) is 24.1 cm³/mol. The molecule has 0 amide bonds. The van der Waals surface area contributed by atoms with Crippen molar-refractivity contribution in [2.24, 2.45) is 8.73 Å². The highest BCUT2D eigenvalue weighted by Crippen LogP contribution is 1.47. The van der Waals surface area contributed by atoms with Gasteiger partial charge in [-0.3, -0.25) is 0 Å². The Balaban J connectivity index is 3.26. The Labute approximate surface area is 35.1 Å². The van der Waals surface area contributed by atoms with Gasteiger partial charge in [0.05, 0.1) is 11.4 Å². The molecule has 0 saturated carbocycles. The molecule has 0 N–H and O–H groups in total. The fraction of sp³-hybridized carbons (Fsp3) is 1.00. The monoisotopic (exact) mass is 90.0 g/mol. The van der Waals surface area contributed by atoms with Crippen LogP contribution in [-0.4, -0.2) is 14.1 Å². The lowest BCUT2D eigenvalue weighted by Gasteiger charge is -1.50. The van der Waals surface area contributed by atoms with Crippen molar-refractivity contribution in [1.82, 2.24) is 0 Å². The van der Waals surface area contributed by atoms with Crippen molar-refractivity contribution in [2.75, 3.05) is 14.1 Å². The van der Waals surface area contributed by atoms with Crippen molar-refractivity contribution in [3.63, 3.8) is 0 Å². The fourth-order valence-electron chi connectivity index (χ4n) is 0.0816. The zero-order valence-corrected chi connectivity index (χ0v) is 4.12. The van der Waals surface area contributed by atoms with Crippen LogP contribution in [0.15, 0.2) is 8.73 Å². The SMILES string of the molecule is CN=S=NC. The highest BCUT2D eigenvalue weighted by Gasteiger charge is 1.34. The van der Waals surface area contributed by atoms with E-state index < -0.39 is 0 Å². The smallest absolute Gasteiger partial charge is 0.0571 e. The van der Waals surface area contributed by atoms with E-state index in [1.54, 1.807) is 14.1 Å². The first kappa shape index (κ1) is 4.82. The van der Waals surface area contributed by atoms with E-state index in [0.717, 1.165) is 0 Å². The third-order valence-electron chi connectivity index (χ3n) is 0.163.